The molecule has 0 spiro atoms. The lowest BCUT2D eigenvalue weighted by Gasteiger charge is -2.38. The maximum absolute atomic E-state index is 15.4. The summed E-state index contributed by atoms with van der Waals surface area (Å²) < 4.78 is 58.3. The molecule has 2 fully saturated rings. The van der Waals surface area contributed by atoms with Gasteiger partial charge < -0.3 is 19.2 Å². The van der Waals surface area contributed by atoms with E-state index in [1.54, 1.807) is 24.4 Å². The number of likely N-dealkylation sites (tertiary alicyclic amines) is 1. The Morgan fingerprint density at radius 1 is 1.18 bits per heavy atom. The van der Waals surface area contributed by atoms with Gasteiger partial charge in [0.1, 0.15) is 5.82 Å². The van der Waals surface area contributed by atoms with Crippen molar-refractivity contribution in [2.24, 2.45) is 0 Å². The summed E-state index contributed by atoms with van der Waals surface area (Å²) in [5.41, 5.74) is 0.157. The Labute approximate surface area is 264 Å². The van der Waals surface area contributed by atoms with Gasteiger partial charge in [0.15, 0.2) is 24.9 Å². The van der Waals surface area contributed by atoms with E-state index in [9.17, 15) is 13.6 Å². The molecule has 0 radical (unpaired) electrons. The molecule has 44 heavy (non-hydrogen) atoms. The number of fused-ring (bicyclic) bond motifs is 1. The van der Waals surface area contributed by atoms with Crippen LogP contribution in [0.4, 0.5) is 18.3 Å². The molecule has 1 unspecified atom stereocenters. The standard InChI is InChI=1S/C31H35ClF3N3O4SSi/c1-29(2,3)44(4,5)42-20-10-13-38(17-20)26(21-8-7-19(32)15-22(21)33)25-16-36-28(43-25)37-27(39)30(11-12-30)18-6-9-23-24(14-18)41-31(34,35)40-23/h6-9,14-16,20,26H,10-13,17H2,1-5H3,(H,36,37,39)/t20-,26?/m1/s1. The summed E-state index contributed by atoms with van der Waals surface area (Å²) in [7, 11) is -2.01. The number of nitrogens with zero attached hydrogens (tertiary/aromatic N) is 2. The highest BCUT2D eigenvalue weighted by atomic mass is 35.5. The van der Waals surface area contributed by atoms with Gasteiger partial charge in [0.25, 0.3) is 0 Å². The molecular formula is C31H35ClF3N3O4SSi. The summed E-state index contributed by atoms with van der Waals surface area (Å²) in [5.74, 6) is -0.876. The number of hydrogen-bond donors (Lipinski definition) is 1. The first-order valence-electron chi connectivity index (χ1n) is 14.6. The Bertz CT molecular complexity index is 1590. The van der Waals surface area contributed by atoms with Crippen molar-refractivity contribution in [3.8, 4) is 11.5 Å². The molecule has 7 nitrogen and oxygen atoms in total. The van der Waals surface area contributed by atoms with Crippen LogP contribution in [0.15, 0.2) is 42.6 Å². The first-order chi connectivity index (χ1) is 20.6. The molecule has 3 aliphatic rings. The van der Waals surface area contributed by atoms with Crippen molar-refractivity contribution in [2.45, 2.75) is 82.0 Å². The van der Waals surface area contributed by atoms with Gasteiger partial charge in [-0.1, -0.05) is 55.8 Å². The highest BCUT2D eigenvalue weighted by Crippen LogP contribution is 2.52. The van der Waals surface area contributed by atoms with Gasteiger partial charge in [-0.3, -0.25) is 9.69 Å². The van der Waals surface area contributed by atoms with Crippen LogP contribution >= 0.6 is 22.9 Å². The number of carbonyl (C=O) groups is 1. The molecule has 1 aliphatic carbocycles. The molecule has 3 heterocycles. The van der Waals surface area contributed by atoms with E-state index < -0.39 is 31.9 Å². The second-order valence-electron chi connectivity index (χ2n) is 13.3. The van der Waals surface area contributed by atoms with Crippen LogP contribution in [0.5, 0.6) is 11.5 Å². The second-order valence-corrected chi connectivity index (χ2v) is 19.5. The van der Waals surface area contributed by atoms with Crippen molar-refractivity contribution in [2.75, 3.05) is 18.4 Å². The van der Waals surface area contributed by atoms with E-state index in [-0.39, 0.29) is 28.5 Å². The van der Waals surface area contributed by atoms with Gasteiger partial charge in [-0.25, -0.2) is 9.37 Å². The number of hydrogen-bond acceptors (Lipinski definition) is 7. The van der Waals surface area contributed by atoms with Crippen LogP contribution in [0.3, 0.4) is 0 Å². The zero-order valence-electron chi connectivity index (χ0n) is 25.2. The van der Waals surface area contributed by atoms with E-state index in [0.717, 1.165) is 11.3 Å². The lowest BCUT2D eigenvalue weighted by Crippen LogP contribution is -2.44. The smallest absolute Gasteiger partial charge is 0.413 e. The summed E-state index contributed by atoms with van der Waals surface area (Å²) >= 11 is 7.37. The average molecular weight is 666 g/mol. The van der Waals surface area contributed by atoms with E-state index in [4.69, 9.17) is 16.0 Å². The van der Waals surface area contributed by atoms with E-state index in [1.807, 2.05) is 0 Å². The number of ether oxygens (including phenoxy) is 2. The Hall–Kier alpha value is -2.64. The third-order valence-corrected chi connectivity index (χ3v) is 15.0. The Morgan fingerprint density at radius 3 is 2.59 bits per heavy atom. The predicted molar refractivity (Wildman–Crippen MR) is 166 cm³/mol. The molecule has 2 aromatic carbocycles. The van der Waals surface area contributed by atoms with E-state index in [2.05, 4.69) is 58.5 Å². The molecule has 1 saturated carbocycles. The summed E-state index contributed by atoms with van der Waals surface area (Å²) in [4.78, 5) is 21.0. The molecule has 1 aromatic heterocycles. The minimum atomic E-state index is -3.73. The third-order valence-electron chi connectivity index (χ3n) is 9.22. The van der Waals surface area contributed by atoms with E-state index >= 15 is 4.39 Å². The van der Waals surface area contributed by atoms with Gasteiger partial charge in [0.05, 0.1) is 17.6 Å². The van der Waals surface area contributed by atoms with Crippen LogP contribution in [0.25, 0.3) is 0 Å². The number of anilines is 1. The first-order valence-corrected chi connectivity index (χ1v) is 18.7. The van der Waals surface area contributed by atoms with Gasteiger partial charge in [-0.05, 0) is 67.2 Å². The molecule has 0 bridgehead atoms. The van der Waals surface area contributed by atoms with Crippen LogP contribution in [-0.4, -0.2) is 49.6 Å². The van der Waals surface area contributed by atoms with Crippen LogP contribution in [-0.2, 0) is 14.6 Å². The molecular weight excluding hydrogens is 631 g/mol. The van der Waals surface area contributed by atoms with Crippen molar-refractivity contribution in [3.05, 3.63) is 69.4 Å². The number of aromatic nitrogens is 1. The van der Waals surface area contributed by atoms with Gasteiger partial charge in [0.2, 0.25) is 5.91 Å². The highest BCUT2D eigenvalue weighted by molar-refractivity contribution is 7.15. The highest BCUT2D eigenvalue weighted by Gasteiger charge is 2.53. The van der Waals surface area contributed by atoms with Crippen molar-refractivity contribution >= 4 is 42.3 Å². The molecule has 3 aromatic rings. The van der Waals surface area contributed by atoms with Gasteiger partial charge in [0, 0.05) is 34.7 Å². The molecule has 13 heteroatoms. The number of rotatable bonds is 8. The van der Waals surface area contributed by atoms with Crippen LogP contribution in [0.2, 0.25) is 23.2 Å². The second kappa shape index (κ2) is 11.0. The number of thiazole rings is 1. The Balaban J connectivity index is 1.22. The average Bonchev–Trinajstić information content (AvgIpc) is 3.22. The minimum absolute atomic E-state index is 0.0252. The van der Waals surface area contributed by atoms with Crippen LogP contribution in [0, 0.1) is 5.82 Å². The largest absolute Gasteiger partial charge is 0.586 e. The van der Waals surface area contributed by atoms with Crippen molar-refractivity contribution in [1.29, 1.82) is 0 Å². The zero-order chi connectivity index (χ0) is 31.7. The fraction of sp³-hybridized carbons (Fsp3) is 0.484. The van der Waals surface area contributed by atoms with E-state index in [0.29, 0.717) is 47.2 Å². The van der Waals surface area contributed by atoms with Crippen molar-refractivity contribution < 1.29 is 31.9 Å². The van der Waals surface area contributed by atoms with Gasteiger partial charge >= 0.3 is 6.29 Å². The Kier molecular flexibility index (Phi) is 7.84. The molecule has 1 amide bonds. The first kappa shape index (κ1) is 31.3. The number of alkyl halides is 2. The van der Waals surface area contributed by atoms with Crippen molar-refractivity contribution in [1.82, 2.24) is 9.88 Å². The lowest BCUT2D eigenvalue weighted by atomic mass is 9.94. The number of benzene rings is 2. The number of nitrogens with one attached hydrogen (secondary N) is 1. The fourth-order valence-corrected chi connectivity index (χ4v) is 8.14. The minimum Gasteiger partial charge on any atom is -0.413 e. The number of carbonyl (C=O) groups excluding carboxylic acids is 1. The quantitative estimate of drug-likeness (QED) is 0.245. The molecule has 2 atom stereocenters. The van der Waals surface area contributed by atoms with Crippen molar-refractivity contribution in [3.63, 3.8) is 0 Å². The summed E-state index contributed by atoms with van der Waals surface area (Å²) in [5, 5.41) is 3.67. The third kappa shape index (κ3) is 5.99. The lowest BCUT2D eigenvalue weighted by molar-refractivity contribution is -0.286. The van der Waals surface area contributed by atoms with Crippen LogP contribution < -0.4 is 14.8 Å². The summed E-state index contributed by atoms with van der Waals surface area (Å²) in [6.07, 6.45) is -0.112. The number of halogens is 4. The summed E-state index contributed by atoms with van der Waals surface area (Å²) in [6, 6.07) is 8.67. The Morgan fingerprint density at radius 2 is 1.91 bits per heavy atom. The summed E-state index contributed by atoms with van der Waals surface area (Å²) in [6.45, 7) is 12.4. The molecule has 1 N–H and O–H groups in total. The van der Waals surface area contributed by atoms with Gasteiger partial charge in [-0.2, -0.15) is 0 Å². The topological polar surface area (TPSA) is 72.9 Å². The molecule has 236 valence electrons. The van der Waals surface area contributed by atoms with Crippen LogP contribution in [0.1, 0.15) is 62.1 Å². The maximum Gasteiger partial charge on any atom is 0.586 e. The number of amides is 1. The zero-order valence-corrected chi connectivity index (χ0v) is 27.8. The van der Waals surface area contributed by atoms with E-state index in [1.165, 1.54) is 29.5 Å². The monoisotopic (exact) mass is 665 g/mol. The normalized spacial score (nSPS) is 21.3. The van der Waals surface area contributed by atoms with Gasteiger partial charge in [-0.15, -0.1) is 8.78 Å². The maximum atomic E-state index is 15.4. The SMILES string of the molecule is CC(C)(C)[Si](C)(C)O[C@@H]1CCN(C(c2cnc(NC(=O)C3(c4ccc5c(c4)OC(F)(F)O5)CC3)s2)c2ccc(Cl)cc2F)C1. The molecule has 2 aliphatic heterocycles. The fourth-order valence-electron chi connectivity index (χ4n) is 5.64. The predicted octanol–water partition coefficient (Wildman–Crippen LogP) is 8.11. The molecule has 6 rings (SSSR count). The molecule has 1 saturated heterocycles.